The maximum atomic E-state index is 5.56. The quantitative estimate of drug-likeness (QED) is 0.712. The van der Waals surface area contributed by atoms with Crippen LogP contribution in [0.25, 0.3) is 17.0 Å². The van der Waals surface area contributed by atoms with Crippen molar-refractivity contribution in [2.75, 3.05) is 5.48 Å². The fourth-order valence-corrected chi connectivity index (χ4v) is 2.06. The molecule has 0 amide bonds. The van der Waals surface area contributed by atoms with E-state index in [1.807, 2.05) is 60.7 Å². The first-order valence-electron chi connectivity index (χ1n) is 6.36. The van der Waals surface area contributed by atoms with Crippen molar-refractivity contribution in [1.82, 2.24) is 4.98 Å². The number of benzene rings is 2. The largest absolute Gasteiger partial charge is 0.382 e. The number of hydrogen-bond donors (Lipinski definition) is 1. The van der Waals surface area contributed by atoms with E-state index in [2.05, 4.69) is 17.0 Å². The van der Waals surface area contributed by atoms with Gasteiger partial charge in [-0.2, -0.15) is 0 Å². The van der Waals surface area contributed by atoms with Crippen LogP contribution in [-0.2, 0) is 0 Å². The molecule has 3 aromatic rings. The molecule has 2 aromatic carbocycles. The molecule has 1 N–H and O–H groups in total. The van der Waals surface area contributed by atoms with Gasteiger partial charge in [0.2, 0.25) is 0 Å². The van der Waals surface area contributed by atoms with Crippen molar-refractivity contribution in [2.45, 2.75) is 0 Å². The highest BCUT2D eigenvalue weighted by Crippen LogP contribution is 2.25. The highest BCUT2D eigenvalue weighted by molar-refractivity contribution is 5.95. The molecule has 0 fully saturated rings. The summed E-state index contributed by atoms with van der Waals surface area (Å²) in [5.41, 5.74) is 5.70. The SMILES string of the molecule is C=Cc1ccnc2c(NOc3ccccc3)cccc12. The summed E-state index contributed by atoms with van der Waals surface area (Å²) in [4.78, 5) is 9.97. The van der Waals surface area contributed by atoms with Gasteiger partial charge in [0.1, 0.15) is 0 Å². The second-order valence-corrected chi connectivity index (χ2v) is 4.32. The van der Waals surface area contributed by atoms with Crippen LogP contribution in [-0.4, -0.2) is 4.98 Å². The van der Waals surface area contributed by atoms with Gasteiger partial charge >= 0.3 is 0 Å². The minimum absolute atomic E-state index is 0.754. The summed E-state index contributed by atoms with van der Waals surface area (Å²) in [5.74, 6) is 0.754. The third-order valence-corrected chi connectivity index (χ3v) is 3.05. The Labute approximate surface area is 117 Å². The number of nitrogens with zero attached hydrogens (tertiary/aromatic N) is 1. The Balaban J connectivity index is 1.94. The summed E-state index contributed by atoms with van der Waals surface area (Å²) >= 11 is 0. The topological polar surface area (TPSA) is 34.2 Å². The van der Waals surface area contributed by atoms with E-state index in [9.17, 15) is 0 Å². The zero-order chi connectivity index (χ0) is 13.8. The van der Waals surface area contributed by atoms with E-state index in [1.54, 1.807) is 6.20 Å². The highest BCUT2D eigenvalue weighted by Gasteiger charge is 2.04. The van der Waals surface area contributed by atoms with E-state index in [1.165, 1.54) is 0 Å². The molecular formula is C17H14N2O. The van der Waals surface area contributed by atoms with Crippen LogP contribution < -0.4 is 10.3 Å². The zero-order valence-corrected chi connectivity index (χ0v) is 10.9. The van der Waals surface area contributed by atoms with Crippen LogP contribution in [0.4, 0.5) is 5.69 Å². The van der Waals surface area contributed by atoms with Gasteiger partial charge in [0, 0.05) is 11.6 Å². The first-order chi connectivity index (χ1) is 9.88. The maximum Gasteiger partial charge on any atom is 0.155 e. The first-order valence-corrected chi connectivity index (χ1v) is 6.36. The standard InChI is InChI=1S/C17H14N2O/c1-2-13-11-12-18-17-15(13)9-6-10-16(17)19-20-14-7-4-3-5-8-14/h2-12,19H,1H2. The molecule has 0 aliphatic heterocycles. The number of rotatable bonds is 4. The molecule has 0 radical (unpaired) electrons. The van der Waals surface area contributed by atoms with Gasteiger partial charge in [-0.3, -0.25) is 4.98 Å². The third-order valence-electron chi connectivity index (χ3n) is 3.05. The number of hydrogen-bond acceptors (Lipinski definition) is 3. The summed E-state index contributed by atoms with van der Waals surface area (Å²) in [5, 5.41) is 1.05. The minimum Gasteiger partial charge on any atom is -0.382 e. The lowest BCUT2D eigenvalue weighted by atomic mass is 10.1. The van der Waals surface area contributed by atoms with E-state index in [-0.39, 0.29) is 0 Å². The average Bonchev–Trinajstić information content (AvgIpc) is 2.53. The molecule has 98 valence electrons. The number of anilines is 1. The Hall–Kier alpha value is -2.81. The highest BCUT2D eigenvalue weighted by atomic mass is 16.6. The second-order valence-electron chi connectivity index (χ2n) is 4.32. The van der Waals surface area contributed by atoms with E-state index >= 15 is 0 Å². The number of nitrogens with one attached hydrogen (secondary N) is 1. The number of fused-ring (bicyclic) bond motifs is 1. The summed E-state index contributed by atoms with van der Waals surface area (Å²) in [6, 6.07) is 17.4. The van der Waals surface area contributed by atoms with Crippen molar-refractivity contribution in [2.24, 2.45) is 0 Å². The molecule has 0 spiro atoms. The Bertz CT molecular complexity index is 738. The van der Waals surface area contributed by atoms with E-state index in [0.717, 1.165) is 27.9 Å². The predicted octanol–water partition coefficient (Wildman–Crippen LogP) is 4.28. The van der Waals surface area contributed by atoms with Gasteiger partial charge in [-0.15, -0.1) is 0 Å². The monoisotopic (exact) mass is 262 g/mol. The molecule has 1 heterocycles. The van der Waals surface area contributed by atoms with Crippen molar-refractivity contribution in [1.29, 1.82) is 0 Å². The van der Waals surface area contributed by atoms with Gasteiger partial charge in [0.25, 0.3) is 0 Å². The molecule has 0 atom stereocenters. The maximum absolute atomic E-state index is 5.56. The Morgan fingerprint density at radius 1 is 1.00 bits per heavy atom. The molecule has 1 aromatic heterocycles. The lowest BCUT2D eigenvalue weighted by molar-refractivity contribution is 0.406. The Morgan fingerprint density at radius 3 is 2.65 bits per heavy atom. The molecule has 0 saturated heterocycles. The van der Waals surface area contributed by atoms with Crippen molar-refractivity contribution in [3.05, 3.63) is 72.9 Å². The smallest absolute Gasteiger partial charge is 0.155 e. The number of pyridine rings is 1. The molecule has 0 bridgehead atoms. The van der Waals surface area contributed by atoms with Crippen LogP contribution in [0.15, 0.2) is 67.4 Å². The number of para-hydroxylation sites is 2. The lowest BCUT2D eigenvalue weighted by Crippen LogP contribution is -2.05. The van der Waals surface area contributed by atoms with Crippen LogP contribution in [0.5, 0.6) is 5.75 Å². The molecular weight excluding hydrogens is 248 g/mol. The second kappa shape index (κ2) is 5.45. The summed E-state index contributed by atoms with van der Waals surface area (Å²) in [6.45, 7) is 3.82. The fraction of sp³-hybridized carbons (Fsp3) is 0. The summed E-state index contributed by atoms with van der Waals surface area (Å²) < 4.78 is 0. The molecule has 0 saturated carbocycles. The molecule has 0 aliphatic rings. The van der Waals surface area contributed by atoms with Gasteiger partial charge in [0.15, 0.2) is 5.75 Å². The predicted molar refractivity (Wildman–Crippen MR) is 82.5 cm³/mol. The van der Waals surface area contributed by atoms with E-state index < -0.39 is 0 Å². The molecule has 3 rings (SSSR count). The van der Waals surface area contributed by atoms with Gasteiger partial charge in [-0.1, -0.05) is 43.0 Å². The Morgan fingerprint density at radius 2 is 1.85 bits per heavy atom. The van der Waals surface area contributed by atoms with Crippen LogP contribution in [0.1, 0.15) is 5.56 Å². The molecule has 3 nitrogen and oxygen atoms in total. The first kappa shape index (κ1) is 12.2. The summed E-state index contributed by atoms with van der Waals surface area (Å²) in [7, 11) is 0. The normalized spacial score (nSPS) is 10.2. The van der Waals surface area contributed by atoms with Crippen molar-refractivity contribution < 1.29 is 4.84 Å². The number of aromatic nitrogens is 1. The molecule has 0 unspecified atom stereocenters. The molecule has 0 aliphatic carbocycles. The van der Waals surface area contributed by atoms with Crippen LogP contribution in [0, 0.1) is 0 Å². The third kappa shape index (κ3) is 2.34. The van der Waals surface area contributed by atoms with Gasteiger partial charge in [0.05, 0.1) is 11.2 Å². The average molecular weight is 262 g/mol. The van der Waals surface area contributed by atoms with E-state index in [4.69, 9.17) is 4.84 Å². The van der Waals surface area contributed by atoms with Crippen LogP contribution >= 0.6 is 0 Å². The van der Waals surface area contributed by atoms with Crippen molar-refractivity contribution in [3.8, 4) is 5.75 Å². The lowest BCUT2D eigenvalue weighted by Gasteiger charge is -2.11. The summed E-state index contributed by atoms with van der Waals surface area (Å²) in [6.07, 6.45) is 3.60. The van der Waals surface area contributed by atoms with Gasteiger partial charge in [-0.05, 0) is 29.8 Å². The van der Waals surface area contributed by atoms with Gasteiger partial charge < -0.3 is 4.84 Å². The molecule has 20 heavy (non-hydrogen) atoms. The minimum atomic E-state index is 0.754. The van der Waals surface area contributed by atoms with Crippen LogP contribution in [0.3, 0.4) is 0 Å². The van der Waals surface area contributed by atoms with Crippen molar-refractivity contribution >= 4 is 22.7 Å². The van der Waals surface area contributed by atoms with Gasteiger partial charge in [-0.25, -0.2) is 5.48 Å². The van der Waals surface area contributed by atoms with Crippen LogP contribution in [0.2, 0.25) is 0 Å². The van der Waals surface area contributed by atoms with E-state index in [0.29, 0.717) is 0 Å². The fourth-order valence-electron chi connectivity index (χ4n) is 2.06. The van der Waals surface area contributed by atoms with Crippen molar-refractivity contribution in [3.63, 3.8) is 0 Å². The zero-order valence-electron chi connectivity index (χ0n) is 10.9. The Kier molecular flexibility index (Phi) is 3.33. The molecule has 3 heteroatoms.